The number of benzene rings is 6. The Balaban J connectivity index is 1.37. The number of aromatic nitrogens is 2. The van der Waals surface area contributed by atoms with Gasteiger partial charge in [-0.15, -0.1) is 11.3 Å². The molecule has 0 radical (unpaired) electrons. The number of para-hydroxylation sites is 4. The van der Waals surface area contributed by atoms with Gasteiger partial charge in [-0.3, -0.25) is 0 Å². The van der Waals surface area contributed by atoms with E-state index in [1.807, 2.05) is 11.3 Å². The second kappa shape index (κ2) is 7.83. The highest BCUT2D eigenvalue weighted by Crippen LogP contribution is 2.44. The molecule has 6 aromatic carbocycles. The Morgan fingerprint density at radius 2 is 0.974 bits per heavy atom. The van der Waals surface area contributed by atoms with Crippen LogP contribution in [0.1, 0.15) is 0 Å². The van der Waals surface area contributed by atoms with Crippen molar-refractivity contribution in [2.45, 2.75) is 0 Å². The van der Waals surface area contributed by atoms with Crippen LogP contribution in [0.15, 0.2) is 133 Å². The zero-order valence-corrected chi connectivity index (χ0v) is 21.8. The van der Waals surface area contributed by atoms with E-state index in [4.69, 9.17) is 0 Å². The van der Waals surface area contributed by atoms with Gasteiger partial charge >= 0.3 is 0 Å². The Labute approximate surface area is 228 Å². The van der Waals surface area contributed by atoms with Gasteiger partial charge in [-0.1, -0.05) is 78.9 Å². The first-order valence-corrected chi connectivity index (χ1v) is 14.1. The fourth-order valence-corrected chi connectivity index (χ4v) is 7.71. The van der Waals surface area contributed by atoms with Crippen molar-refractivity contribution in [3.63, 3.8) is 0 Å². The van der Waals surface area contributed by atoms with Crippen molar-refractivity contribution in [3.05, 3.63) is 133 Å². The molecule has 9 rings (SSSR count). The van der Waals surface area contributed by atoms with Crippen LogP contribution >= 0.6 is 11.3 Å². The molecule has 2 nitrogen and oxygen atoms in total. The predicted molar refractivity (Wildman–Crippen MR) is 168 cm³/mol. The van der Waals surface area contributed by atoms with Crippen LogP contribution in [0.25, 0.3) is 75.2 Å². The molecule has 0 saturated heterocycles. The minimum atomic E-state index is 1.19. The van der Waals surface area contributed by atoms with Crippen LogP contribution in [0.4, 0.5) is 0 Å². The summed E-state index contributed by atoms with van der Waals surface area (Å²) in [6.07, 6.45) is 0. The monoisotopic (exact) mass is 514 g/mol. The number of hydrogen-bond acceptors (Lipinski definition) is 1. The molecule has 9 aromatic rings. The standard InChI is InChI=1S/C36H22N2S/c1-2-10-23(11-3-1)37-32-17-9-6-14-28(32)35-33(37)20-19-27-29-22-24(18-21-34(29)39-36(27)35)38-30-15-7-4-12-25(30)26-13-5-8-16-31(26)38/h1-22H. The Morgan fingerprint density at radius 1 is 0.385 bits per heavy atom. The third-order valence-corrected chi connectivity index (χ3v) is 9.31. The van der Waals surface area contributed by atoms with Crippen molar-refractivity contribution >= 4 is 75.1 Å². The van der Waals surface area contributed by atoms with E-state index in [0.29, 0.717) is 0 Å². The first-order valence-electron chi connectivity index (χ1n) is 13.3. The zero-order chi connectivity index (χ0) is 25.5. The van der Waals surface area contributed by atoms with Crippen LogP contribution in [-0.4, -0.2) is 9.13 Å². The van der Waals surface area contributed by atoms with Crippen LogP contribution in [0.5, 0.6) is 0 Å². The molecule has 182 valence electrons. The molecule has 0 aliphatic heterocycles. The quantitative estimate of drug-likeness (QED) is 0.217. The van der Waals surface area contributed by atoms with Gasteiger partial charge in [0.05, 0.1) is 22.1 Å². The molecule has 0 aliphatic carbocycles. The summed E-state index contributed by atoms with van der Waals surface area (Å²) >= 11 is 1.91. The summed E-state index contributed by atoms with van der Waals surface area (Å²) in [5.74, 6) is 0. The number of nitrogens with zero attached hydrogens (tertiary/aromatic N) is 2. The second-order valence-electron chi connectivity index (χ2n) is 10.2. The van der Waals surface area contributed by atoms with Gasteiger partial charge in [-0.05, 0) is 54.6 Å². The van der Waals surface area contributed by atoms with E-state index in [2.05, 4.69) is 143 Å². The first-order chi connectivity index (χ1) is 19.4. The lowest BCUT2D eigenvalue weighted by atomic mass is 10.1. The number of rotatable bonds is 2. The van der Waals surface area contributed by atoms with Crippen molar-refractivity contribution in [3.8, 4) is 11.4 Å². The van der Waals surface area contributed by atoms with Gasteiger partial charge < -0.3 is 9.13 Å². The van der Waals surface area contributed by atoms with Crippen LogP contribution in [0, 0.1) is 0 Å². The molecule has 0 fully saturated rings. The molecule has 0 spiro atoms. The Morgan fingerprint density at radius 3 is 1.69 bits per heavy atom. The summed E-state index contributed by atoms with van der Waals surface area (Å²) in [7, 11) is 0. The molecule has 0 saturated carbocycles. The topological polar surface area (TPSA) is 9.86 Å². The molecular formula is C36H22N2S. The lowest BCUT2D eigenvalue weighted by Crippen LogP contribution is -1.93. The highest BCUT2D eigenvalue weighted by molar-refractivity contribution is 7.26. The van der Waals surface area contributed by atoms with E-state index in [1.54, 1.807) is 0 Å². The summed E-state index contributed by atoms with van der Waals surface area (Å²) in [5.41, 5.74) is 7.37. The van der Waals surface area contributed by atoms with Gasteiger partial charge in [0.2, 0.25) is 0 Å². The largest absolute Gasteiger partial charge is 0.309 e. The molecule has 0 amide bonds. The fraction of sp³-hybridized carbons (Fsp3) is 0. The SMILES string of the molecule is c1ccc(-n2c3ccccc3c3c4sc5ccc(-n6c7ccccc7c7ccccc76)cc5c4ccc32)cc1. The molecule has 3 aromatic heterocycles. The smallest absolute Gasteiger partial charge is 0.0555 e. The molecule has 0 unspecified atom stereocenters. The van der Waals surface area contributed by atoms with Crippen molar-refractivity contribution in [2.24, 2.45) is 0 Å². The van der Waals surface area contributed by atoms with Gasteiger partial charge in [-0.25, -0.2) is 0 Å². The number of fused-ring (bicyclic) bond motifs is 10. The second-order valence-corrected chi connectivity index (χ2v) is 11.2. The Bertz CT molecular complexity index is 2330. The van der Waals surface area contributed by atoms with Crippen LogP contribution < -0.4 is 0 Å². The van der Waals surface area contributed by atoms with E-state index in [-0.39, 0.29) is 0 Å². The Hall–Kier alpha value is -4.86. The van der Waals surface area contributed by atoms with Crippen molar-refractivity contribution in [2.75, 3.05) is 0 Å². The third-order valence-electron chi connectivity index (χ3n) is 8.11. The number of hydrogen-bond donors (Lipinski definition) is 0. The minimum Gasteiger partial charge on any atom is -0.309 e. The van der Waals surface area contributed by atoms with Gasteiger partial charge in [0.1, 0.15) is 0 Å². The van der Waals surface area contributed by atoms with Gasteiger partial charge in [0.15, 0.2) is 0 Å². The predicted octanol–water partition coefficient (Wildman–Crippen LogP) is 10.2. The molecule has 3 heteroatoms. The molecule has 0 aliphatic rings. The highest BCUT2D eigenvalue weighted by atomic mass is 32.1. The molecule has 39 heavy (non-hydrogen) atoms. The first kappa shape index (κ1) is 21.1. The number of thiophene rings is 1. The maximum Gasteiger partial charge on any atom is 0.0555 e. The minimum absolute atomic E-state index is 1.19. The molecule has 0 N–H and O–H groups in total. The normalized spacial score (nSPS) is 12.1. The average molecular weight is 515 g/mol. The molecule has 0 bridgehead atoms. The van der Waals surface area contributed by atoms with E-state index >= 15 is 0 Å². The van der Waals surface area contributed by atoms with Crippen LogP contribution in [0.3, 0.4) is 0 Å². The van der Waals surface area contributed by atoms with E-state index in [9.17, 15) is 0 Å². The van der Waals surface area contributed by atoms with Crippen LogP contribution in [-0.2, 0) is 0 Å². The maximum atomic E-state index is 2.41. The lowest BCUT2D eigenvalue weighted by Gasteiger charge is -2.08. The van der Waals surface area contributed by atoms with E-state index in [1.165, 1.54) is 75.2 Å². The molecule has 3 heterocycles. The average Bonchev–Trinajstić information content (AvgIpc) is 3.65. The summed E-state index contributed by atoms with van der Waals surface area (Å²) in [5, 5.41) is 7.86. The summed E-state index contributed by atoms with van der Waals surface area (Å²) in [6, 6.07) is 48.5. The highest BCUT2D eigenvalue weighted by Gasteiger charge is 2.18. The van der Waals surface area contributed by atoms with Gasteiger partial charge in [-0.2, -0.15) is 0 Å². The van der Waals surface area contributed by atoms with E-state index < -0.39 is 0 Å². The Kier molecular flexibility index (Phi) is 4.24. The molecule has 0 atom stereocenters. The van der Waals surface area contributed by atoms with Crippen molar-refractivity contribution in [1.82, 2.24) is 9.13 Å². The third kappa shape index (κ3) is 2.85. The van der Waals surface area contributed by atoms with Crippen molar-refractivity contribution in [1.29, 1.82) is 0 Å². The summed E-state index contributed by atoms with van der Waals surface area (Å²) < 4.78 is 7.48. The van der Waals surface area contributed by atoms with E-state index in [0.717, 1.165) is 0 Å². The van der Waals surface area contributed by atoms with Crippen LogP contribution in [0.2, 0.25) is 0 Å². The maximum absolute atomic E-state index is 2.41. The fourth-order valence-electron chi connectivity index (χ4n) is 6.47. The zero-order valence-electron chi connectivity index (χ0n) is 21.0. The van der Waals surface area contributed by atoms with Gasteiger partial charge in [0.25, 0.3) is 0 Å². The van der Waals surface area contributed by atoms with Crippen molar-refractivity contribution < 1.29 is 0 Å². The molecular weight excluding hydrogens is 492 g/mol. The lowest BCUT2D eigenvalue weighted by molar-refractivity contribution is 1.18. The summed E-state index contributed by atoms with van der Waals surface area (Å²) in [6.45, 7) is 0. The summed E-state index contributed by atoms with van der Waals surface area (Å²) in [4.78, 5) is 0. The van der Waals surface area contributed by atoms with Gasteiger partial charge in [0, 0.05) is 53.1 Å².